The molecule has 3 aromatic carbocycles. The Morgan fingerprint density at radius 2 is 1.62 bits per heavy atom. The van der Waals surface area contributed by atoms with Gasteiger partial charge in [-0.3, -0.25) is 4.79 Å². The van der Waals surface area contributed by atoms with Gasteiger partial charge in [0.05, 0.1) is 14.2 Å². The summed E-state index contributed by atoms with van der Waals surface area (Å²) in [4.78, 5) is 15.3. The van der Waals surface area contributed by atoms with Gasteiger partial charge < -0.3 is 24.4 Å². The number of methoxy groups -OCH3 is 2. The van der Waals surface area contributed by atoms with E-state index in [0.29, 0.717) is 36.0 Å². The maximum absolute atomic E-state index is 13.1. The number of carbonyl (C=O) groups excluding carboxylic acids is 1. The summed E-state index contributed by atoms with van der Waals surface area (Å²) in [5.74, 6) is 1.27. The fourth-order valence-electron chi connectivity index (χ4n) is 4.88. The molecule has 34 heavy (non-hydrogen) atoms. The molecule has 0 aromatic heterocycles. The van der Waals surface area contributed by atoms with Crippen LogP contribution in [0.15, 0.2) is 54.6 Å². The lowest BCUT2D eigenvalue weighted by atomic mass is 9.96. The van der Waals surface area contributed by atoms with E-state index in [9.17, 15) is 4.79 Å². The number of carbonyl (C=O) groups is 1. The standard InChI is InChI=1S/C28H34N2O4/c1-30(2)28(14-7-8-15-28)19-29-27(31)22-16-24(32-3)26(25(17-22)33-4)34-18-21-12-9-11-20-10-5-6-13-23(20)21/h5-6,9-13,16-17H,7-8,14-15,18-19H2,1-4H3,(H,29,31). The molecule has 3 aromatic rings. The van der Waals surface area contributed by atoms with Crippen molar-refractivity contribution in [1.82, 2.24) is 10.2 Å². The largest absolute Gasteiger partial charge is 0.493 e. The molecule has 4 rings (SSSR count). The molecule has 6 heteroatoms. The fourth-order valence-corrected chi connectivity index (χ4v) is 4.88. The minimum atomic E-state index is -0.148. The van der Waals surface area contributed by atoms with E-state index in [1.165, 1.54) is 12.8 Å². The predicted octanol–water partition coefficient (Wildman–Crippen LogP) is 5.04. The number of likely N-dealkylation sites (N-methyl/N-ethyl adjacent to an activating group) is 1. The molecule has 1 N–H and O–H groups in total. The predicted molar refractivity (Wildman–Crippen MR) is 135 cm³/mol. The molecule has 0 heterocycles. The summed E-state index contributed by atoms with van der Waals surface area (Å²) in [5, 5.41) is 5.43. The molecule has 0 radical (unpaired) electrons. The summed E-state index contributed by atoms with van der Waals surface area (Å²) in [6.45, 7) is 0.966. The molecule has 180 valence electrons. The van der Waals surface area contributed by atoms with Gasteiger partial charge in [0.1, 0.15) is 6.61 Å². The van der Waals surface area contributed by atoms with Crippen molar-refractivity contribution in [2.75, 3.05) is 34.9 Å². The molecule has 0 spiro atoms. The molecule has 1 aliphatic rings. The molecular formula is C28H34N2O4. The third-order valence-electron chi connectivity index (χ3n) is 7.04. The number of hydrogen-bond acceptors (Lipinski definition) is 5. The van der Waals surface area contributed by atoms with E-state index in [-0.39, 0.29) is 11.4 Å². The summed E-state index contributed by atoms with van der Waals surface area (Å²) >= 11 is 0. The van der Waals surface area contributed by atoms with Gasteiger partial charge in [0.2, 0.25) is 5.75 Å². The SMILES string of the molecule is COc1cc(C(=O)NCC2(N(C)C)CCCC2)cc(OC)c1OCc1cccc2ccccc12. The van der Waals surface area contributed by atoms with Crippen LogP contribution in [0.2, 0.25) is 0 Å². The van der Waals surface area contributed by atoms with Crippen molar-refractivity contribution in [3.8, 4) is 17.2 Å². The van der Waals surface area contributed by atoms with Gasteiger partial charge in [0.25, 0.3) is 5.91 Å². The number of fused-ring (bicyclic) bond motifs is 1. The normalized spacial score (nSPS) is 14.9. The molecule has 1 saturated carbocycles. The lowest BCUT2D eigenvalue weighted by Gasteiger charge is -2.36. The van der Waals surface area contributed by atoms with E-state index in [4.69, 9.17) is 14.2 Å². The first-order chi connectivity index (χ1) is 16.5. The molecular weight excluding hydrogens is 428 g/mol. The highest BCUT2D eigenvalue weighted by Gasteiger charge is 2.36. The third-order valence-corrected chi connectivity index (χ3v) is 7.04. The Bertz CT molecular complexity index is 1120. The average Bonchev–Trinajstić information content (AvgIpc) is 3.36. The van der Waals surface area contributed by atoms with Gasteiger partial charge >= 0.3 is 0 Å². The molecule has 1 amide bonds. The van der Waals surface area contributed by atoms with Crippen molar-refractivity contribution in [2.24, 2.45) is 0 Å². The van der Waals surface area contributed by atoms with E-state index in [1.54, 1.807) is 26.4 Å². The lowest BCUT2D eigenvalue weighted by molar-refractivity contribution is 0.0899. The summed E-state index contributed by atoms with van der Waals surface area (Å²) in [6.07, 6.45) is 4.57. The molecule has 1 fully saturated rings. The number of ether oxygens (including phenoxy) is 3. The maximum Gasteiger partial charge on any atom is 0.251 e. The highest BCUT2D eigenvalue weighted by atomic mass is 16.5. The van der Waals surface area contributed by atoms with Crippen LogP contribution in [-0.4, -0.2) is 51.2 Å². The van der Waals surface area contributed by atoms with Crippen LogP contribution in [0, 0.1) is 0 Å². The van der Waals surface area contributed by atoms with Crippen molar-refractivity contribution in [3.05, 3.63) is 65.7 Å². The van der Waals surface area contributed by atoms with Crippen LogP contribution in [0.4, 0.5) is 0 Å². The first kappa shape index (κ1) is 23.9. The second-order valence-corrected chi connectivity index (χ2v) is 9.15. The zero-order valence-electron chi connectivity index (χ0n) is 20.5. The Morgan fingerprint density at radius 3 is 2.26 bits per heavy atom. The Balaban J connectivity index is 1.54. The van der Waals surface area contributed by atoms with Crippen molar-refractivity contribution in [2.45, 2.75) is 37.8 Å². The summed E-state index contributed by atoms with van der Waals surface area (Å²) in [7, 11) is 7.32. The number of benzene rings is 3. The first-order valence-corrected chi connectivity index (χ1v) is 11.8. The van der Waals surface area contributed by atoms with Gasteiger partial charge in [-0.1, -0.05) is 55.3 Å². The Morgan fingerprint density at radius 1 is 0.971 bits per heavy atom. The van der Waals surface area contributed by atoms with Gasteiger partial charge in [-0.15, -0.1) is 0 Å². The lowest BCUT2D eigenvalue weighted by Crippen LogP contribution is -2.50. The van der Waals surface area contributed by atoms with E-state index >= 15 is 0 Å². The zero-order chi connectivity index (χ0) is 24.1. The molecule has 0 saturated heterocycles. The first-order valence-electron chi connectivity index (χ1n) is 11.8. The fraction of sp³-hybridized carbons (Fsp3) is 0.393. The van der Waals surface area contributed by atoms with Crippen LogP contribution < -0.4 is 19.5 Å². The van der Waals surface area contributed by atoms with Crippen LogP contribution in [0.5, 0.6) is 17.2 Å². The van der Waals surface area contributed by atoms with Gasteiger partial charge in [-0.25, -0.2) is 0 Å². The zero-order valence-corrected chi connectivity index (χ0v) is 20.5. The summed E-state index contributed by atoms with van der Waals surface area (Å²) < 4.78 is 17.4. The smallest absolute Gasteiger partial charge is 0.251 e. The summed E-state index contributed by atoms with van der Waals surface area (Å²) in [5.41, 5.74) is 1.57. The van der Waals surface area contributed by atoms with Crippen molar-refractivity contribution in [3.63, 3.8) is 0 Å². The number of amides is 1. The van der Waals surface area contributed by atoms with Crippen LogP contribution in [0.25, 0.3) is 10.8 Å². The Kier molecular flexibility index (Phi) is 7.27. The molecule has 0 bridgehead atoms. The number of nitrogens with one attached hydrogen (secondary N) is 1. The van der Waals surface area contributed by atoms with E-state index in [1.807, 2.05) is 24.3 Å². The minimum Gasteiger partial charge on any atom is -0.493 e. The van der Waals surface area contributed by atoms with Gasteiger partial charge in [-0.2, -0.15) is 0 Å². The van der Waals surface area contributed by atoms with Crippen molar-refractivity contribution >= 4 is 16.7 Å². The average molecular weight is 463 g/mol. The Hall–Kier alpha value is -3.25. The molecule has 0 unspecified atom stereocenters. The van der Waals surface area contributed by atoms with Gasteiger partial charge in [-0.05, 0) is 55.4 Å². The quantitative estimate of drug-likeness (QED) is 0.483. The van der Waals surface area contributed by atoms with E-state index < -0.39 is 0 Å². The van der Waals surface area contributed by atoms with Crippen molar-refractivity contribution < 1.29 is 19.0 Å². The molecule has 0 atom stereocenters. The third kappa shape index (κ3) is 4.82. The van der Waals surface area contributed by atoms with Crippen molar-refractivity contribution in [1.29, 1.82) is 0 Å². The number of rotatable bonds is 9. The second-order valence-electron chi connectivity index (χ2n) is 9.15. The van der Waals surface area contributed by atoms with Gasteiger partial charge in [0, 0.05) is 17.6 Å². The number of nitrogens with zero attached hydrogens (tertiary/aromatic N) is 1. The molecule has 1 aliphatic carbocycles. The molecule has 0 aliphatic heterocycles. The monoisotopic (exact) mass is 462 g/mol. The highest BCUT2D eigenvalue weighted by molar-refractivity contribution is 5.95. The second kappa shape index (κ2) is 10.3. The van der Waals surface area contributed by atoms with Crippen LogP contribution in [0.1, 0.15) is 41.6 Å². The number of hydrogen-bond donors (Lipinski definition) is 1. The minimum absolute atomic E-state index is 0.0192. The van der Waals surface area contributed by atoms with Crippen LogP contribution >= 0.6 is 0 Å². The van der Waals surface area contributed by atoms with Crippen LogP contribution in [-0.2, 0) is 6.61 Å². The molecule has 6 nitrogen and oxygen atoms in total. The van der Waals surface area contributed by atoms with Crippen LogP contribution in [0.3, 0.4) is 0 Å². The summed E-state index contributed by atoms with van der Waals surface area (Å²) in [6, 6.07) is 17.8. The van der Waals surface area contributed by atoms with E-state index in [2.05, 4.69) is 42.5 Å². The highest BCUT2D eigenvalue weighted by Crippen LogP contribution is 2.39. The Labute approximate surface area is 201 Å². The van der Waals surface area contributed by atoms with Gasteiger partial charge in [0.15, 0.2) is 11.5 Å². The maximum atomic E-state index is 13.1. The topological polar surface area (TPSA) is 60.0 Å². The van der Waals surface area contributed by atoms with E-state index in [0.717, 1.165) is 29.2 Å².